The van der Waals surface area contributed by atoms with Gasteiger partial charge in [0.1, 0.15) is 0 Å². The quantitative estimate of drug-likeness (QED) is 0.711. The fraction of sp³-hybridized carbons (Fsp3) is 0.600. The van der Waals surface area contributed by atoms with Crippen LogP contribution in [0.15, 0.2) is 18.2 Å². The van der Waals surface area contributed by atoms with Gasteiger partial charge in [-0.05, 0) is 62.1 Å². The highest BCUT2D eigenvalue weighted by Gasteiger charge is 2.48. The lowest BCUT2D eigenvalue weighted by molar-refractivity contribution is -0.137. The third-order valence-electron chi connectivity index (χ3n) is 6.32. The smallest absolute Gasteiger partial charge is 0.418 e. The summed E-state index contributed by atoms with van der Waals surface area (Å²) >= 11 is 0. The van der Waals surface area contributed by atoms with Crippen molar-refractivity contribution >= 4 is 17.7 Å². The van der Waals surface area contributed by atoms with Crippen LogP contribution in [0.4, 0.5) is 23.7 Å². The maximum atomic E-state index is 13.4. The van der Waals surface area contributed by atoms with Crippen LogP contribution in [0.5, 0.6) is 0 Å². The molecule has 6 nitrogen and oxygen atoms in total. The van der Waals surface area contributed by atoms with Gasteiger partial charge >= 0.3 is 18.2 Å². The molecular weight excluding hydrogens is 389 g/mol. The van der Waals surface area contributed by atoms with Crippen molar-refractivity contribution in [3.8, 4) is 0 Å². The van der Waals surface area contributed by atoms with Crippen LogP contribution in [0.2, 0.25) is 0 Å². The highest BCUT2D eigenvalue weighted by atomic mass is 19.4. The second kappa shape index (κ2) is 7.76. The number of rotatable bonds is 4. The largest absolute Gasteiger partial charge is 0.465 e. The molecule has 9 heteroatoms. The molecule has 1 aromatic carbocycles. The Balaban J connectivity index is 1.67. The van der Waals surface area contributed by atoms with E-state index >= 15 is 0 Å². The van der Waals surface area contributed by atoms with Gasteiger partial charge in [-0.2, -0.15) is 13.2 Å². The van der Waals surface area contributed by atoms with E-state index in [1.165, 1.54) is 18.1 Å². The summed E-state index contributed by atoms with van der Waals surface area (Å²) in [7, 11) is 1.18. The summed E-state index contributed by atoms with van der Waals surface area (Å²) in [6.45, 7) is 2.85. The summed E-state index contributed by atoms with van der Waals surface area (Å²) in [4.78, 5) is 24.2. The Morgan fingerprint density at radius 1 is 1.28 bits per heavy atom. The summed E-state index contributed by atoms with van der Waals surface area (Å²) < 4.78 is 44.8. The van der Waals surface area contributed by atoms with E-state index in [0.29, 0.717) is 13.1 Å². The second-order valence-corrected chi connectivity index (χ2v) is 8.12. The van der Waals surface area contributed by atoms with E-state index in [4.69, 9.17) is 5.11 Å². The Labute approximate surface area is 167 Å². The Bertz CT molecular complexity index is 780. The lowest BCUT2D eigenvalue weighted by Gasteiger charge is -2.53. The summed E-state index contributed by atoms with van der Waals surface area (Å²) in [5.41, 5.74) is -0.801. The molecule has 1 atom stereocenters. The maximum absolute atomic E-state index is 13.4. The molecule has 1 aliphatic carbocycles. The fourth-order valence-electron chi connectivity index (χ4n) is 4.51. The first kappa shape index (κ1) is 21.3. The van der Waals surface area contributed by atoms with Crippen molar-refractivity contribution in [2.75, 3.05) is 25.5 Å². The number of hydrogen-bond donors (Lipinski definition) is 2. The van der Waals surface area contributed by atoms with Crippen LogP contribution in [-0.4, -0.2) is 48.3 Å². The number of carboxylic acid groups (broad SMARTS) is 1. The highest BCUT2D eigenvalue weighted by Crippen LogP contribution is 2.54. The number of piperidine rings is 1. The minimum absolute atomic E-state index is 0.0568. The molecular formula is C20H25F3N2O4. The Morgan fingerprint density at radius 3 is 2.41 bits per heavy atom. The number of esters is 1. The average molecular weight is 414 g/mol. The van der Waals surface area contributed by atoms with Gasteiger partial charge in [0.25, 0.3) is 0 Å². The number of ether oxygens (including phenoxy) is 1. The zero-order valence-corrected chi connectivity index (χ0v) is 16.4. The lowest BCUT2D eigenvalue weighted by Crippen LogP contribution is -2.51. The molecule has 1 saturated heterocycles. The normalized spacial score (nSPS) is 20.1. The molecule has 1 saturated carbocycles. The van der Waals surface area contributed by atoms with Gasteiger partial charge in [0, 0.05) is 24.8 Å². The summed E-state index contributed by atoms with van der Waals surface area (Å²) in [6.07, 6.45) is -2.17. The van der Waals surface area contributed by atoms with Gasteiger partial charge in [-0.15, -0.1) is 0 Å². The molecule has 1 aromatic rings. The van der Waals surface area contributed by atoms with E-state index in [-0.39, 0.29) is 28.6 Å². The van der Waals surface area contributed by atoms with Crippen molar-refractivity contribution in [2.24, 2.45) is 11.3 Å². The molecule has 1 aliphatic heterocycles. The minimum atomic E-state index is -4.54. The van der Waals surface area contributed by atoms with E-state index in [2.05, 4.69) is 10.1 Å². The van der Waals surface area contributed by atoms with Crippen LogP contribution >= 0.6 is 0 Å². The van der Waals surface area contributed by atoms with Crippen LogP contribution in [0.3, 0.4) is 0 Å². The van der Waals surface area contributed by atoms with Crippen LogP contribution < -0.4 is 5.32 Å². The molecule has 2 N–H and O–H groups in total. The highest BCUT2D eigenvalue weighted by molar-refractivity contribution is 5.90. The molecule has 1 amide bonds. The van der Waals surface area contributed by atoms with Crippen molar-refractivity contribution in [1.82, 2.24) is 4.90 Å². The number of halogens is 3. The van der Waals surface area contributed by atoms with Crippen molar-refractivity contribution < 1.29 is 32.6 Å². The predicted octanol–water partition coefficient (Wildman–Crippen LogP) is 4.46. The standard InChI is InChI=1S/C20H25F3N2O4/c1-12(14-10-19(11-14)5-7-25(8-6-19)18(27)28)24-16-9-13(17(26)29-2)3-4-15(16)20(21,22)23/h3-4,9,12,14,24H,5-8,10-11H2,1-2H3,(H,27,28). The van der Waals surface area contributed by atoms with Crippen molar-refractivity contribution in [2.45, 2.75) is 44.8 Å². The zero-order chi connectivity index (χ0) is 21.4. The van der Waals surface area contributed by atoms with Gasteiger partial charge in [0.2, 0.25) is 0 Å². The first-order valence-corrected chi connectivity index (χ1v) is 9.59. The van der Waals surface area contributed by atoms with E-state index in [0.717, 1.165) is 37.8 Å². The van der Waals surface area contributed by atoms with E-state index in [9.17, 15) is 22.8 Å². The number of hydrogen-bond acceptors (Lipinski definition) is 4. The first-order valence-electron chi connectivity index (χ1n) is 9.59. The molecule has 3 rings (SSSR count). The third-order valence-corrected chi connectivity index (χ3v) is 6.32. The summed E-state index contributed by atoms with van der Waals surface area (Å²) in [5.74, 6) is -0.503. The first-order chi connectivity index (χ1) is 13.5. The van der Waals surface area contributed by atoms with Crippen LogP contribution in [0.1, 0.15) is 48.5 Å². The van der Waals surface area contributed by atoms with E-state index in [1.807, 2.05) is 6.92 Å². The number of nitrogens with one attached hydrogen (secondary N) is 1. The van der Waals surface area contributed by atoms with Crippen LogP contribution in [-0.2, 0) is 10.9 Å². The molecule has 1 unspecified atom stereocenters. The van der Waals surface area contributed by atoms with Gasteiger partial charge < -0.3 is 20.1 Å². The molecule has 29 heavy (non-hydrogen) atoms. The second-order valence-electron chi connectivity index (χ2n) is 8.12. The van der Waals surface area contributed by atoms with Crippen molar-refractivity contribution in [3.63, 3.8) is 0 Å². The zero-order valence-electron chi connectivity index (χ0n) is 16.4. The number of benzene rings is 1. The number of carbonyl (C=O) groups is 2. The summed E-state index contributed by atoms with van der Waals surface area (Å²) in [5, 5.41) is 12.0. The predicted molar refractivity (Wildman–Crippen MR) is 99.9 cm³/mol. The molecule has 1 heterocycles. The molecule has 2 aliphatic rings. The molecule has 1 spiro atoms. The molecule has 0 bridgehead atoms. The Hall–Kier alpha value is -2.45. The van der Waals surface area contributed by atoms with E-state index in [1.54, 1.807) is 0 Å². The number of alkyl halides is 3. The number of nitrogens with zero attached hydrogens (tertiary/aromatic N) is 1. The third kappa shape index (κ3) is 4.43. The monoisotopic (exact) mass is 414 g/mol. The topological polar surface area (TPSA) is 78.9 Å². The van der Waals surface area contributed by atoms with Gasteiger partial charge in [-0.3, -0.25) is 0 Å². The van der Waals surface area contributed by atoms with Crippen LogP contribution in [0, 0.1) is 11.3 Å². The Morgan fingerprint density at radius 2 is 1.90 bits per heavy atom. The van der Waals surface area contributed by atoms with Gasteiger partial charge in [0.05, 0.1) is 18.2 Å². The van der Waals surface area contributed by atoms with Crippen molar-refractivity contribution in [1.29, 1.82) is 0 Å². The summed E-state index contributed by atoms with van der Waals surface area (Å²) in [6, 6.07) is 2.97. The number of carbonyl (C=O) groups excluding carboxylic acids is 1. The van der Waals surface area contributed by atoms with Gasteiger partial charge in [0.15, 0.2) is 0 Å². The number of likely N-dealkylation sites (tertiary alicyclic amines) is 1. The Kier molecular flexibility index (Phi) is 5.69. The van der Waals surface area contributed by atoms with Gasteiger partial charge in [-0.25, -0.2) is 9.59 Å². The fourth-order valence-corrected chi connectivity index (χ4v) is 4.51. The van der Waals surface area contributed by atoms with Crippen molar-refractivity contribution in [3.05, 3.63) is 29.3 Å². The SMILES string of the molecule is COC(=O)c1ccc(C(F)(F)F)c(NC(C)C2CC3(CCN(C(=O)O)CC3)C2)c1. The minimum Gasteiger partial charge on any atom is -0.465 e. The number of amides is 1. The van der Waals surface area contributed by atoms with Crippen LogP contribution in [0.25, 0.3) is 0 Å². The molecule has 0 radical (unpaired) electrons. The van der Waals surface area contributed by atoms with Gasteiger partial charge in [-0.1, -0.05) is 0 Å². The lowest BCUT2D eigenvalue weighted by atomic mass is 9.56. The molecule has 160 valence electrons. The molecule has 2 fully saturated rings. The van der Waals surface area contributed by atoms with E-state index < -0.39 is 23.8 Å². The maximum Gasteiger partial charge on any atom is 0.418 e. The average Bonchev–Trinajstić information content (AvgIpc) is 2.64. The number of anilines is 1. The number of methoxy groups -OCH3 is 1. The molecule has 0 aromatic heterocycles.